The second kappa shape index (κ2) is 6.58. The first kappa shape index (κ1) is 14.6. The number of nitrogens with zero attached hydrogens (tertiary/aromatic N) is 1. The van der Waals surface area contributed by atoms with Gasteiger partial charge >= 0.3 is 0 Å². The lowest BCUT2D eigenvalue weighted by Crippen LogP contribution is -2.05. The minimum Gasteiger partial charge on any atom is -0.331 e. The molecule has 2 aromatic rings. The molecule has 2 rings (SSSR count). The van der Waals surface area contributed by atoms with Crippen molar-refractivity contribution in [2.45, 2.75) is 52.0 Å². The Labute approximate surface area is 124 Å². The van der Waals surface area contributed by atoms with E-state index in [-0.39, 0.29) is 0 Å². The number of hydrogen-bond acceptors (Lipinski definition) is 1. The second-order valence-corrected chi connectivity index (χ2v) is 5.93. The van der Waals surface area contributed by atoms with E-state index >= 15 is 0 Å². The van der Waals surface area contributed by atoms with Crippen LogP contribution in [0.2, 0.25) is 5.02 Å². The molecule has 0 saturated carbocycles. The van der Waals surface area contributed by atoms with Crippen LogP contribution in [0, 0.1) is 4.77 Å². The molecule has 0 bridgehead atoms. The van der Waals surface area contributed by atoms with E-state index < -0.39 is 0 Å². The van der Waals surface area contributed by atoms with Crippen molar-refractivity contribution in [3.63, 3.8) is 0 Å². The lowest BCUT2D eigenvalue weighted by Gasteiger charge is -2.15. The lowest BCUT2D eigenvalue weighted by molar-refractivity contribution is 0.478. The zero-order valence-corrected chi connectivity index (χ0v) is 13.2. The van der Waals surface area contributed by atoms with Crippen molar-refractivity contribution in [1.82, 2.24) is 9.55 Å². The molecule has 0 spiro atoms. The molecule has 1 aromatic heterocycles. The van der Waals surface area contributed by atoms with Gasteiger partial charge in [0.05, 0.1) is 16.1 Å². The molecule has 0 fully saturated rings. The maximum absolute atomic E-state index is 6.32. The van der Waals surface area contributed by atoms with Gasteiger partial charge in [-0.15, -0.1) is 0 Å². The largest absolute Gasteiger partial charge is 0.331 e. The number of H-pyrrole nitrogens is 1. The summed E-state index contributed by atoms with van der Waals surface area (Å²) in [4.78, 5) is 3.24. The molecule has 1 heterocycles. The van der Waals surface area contributed by atoms with Gasteiger partial charge in [-0.25, -0.2) is 0 Å². The average Bonchev–Trinajstić information content (AvgIpc) is 2.72. The second-order valence-electron chi connectivity index (χ2n) is 5.13. The van der Waals surface area contributed by atoms with Gasteiger partial charge in [0.25, 0.3) is 0 Å². The number of hydrogen-bond donors (Lipinski definition) is 1. The van der Waals surface area contributed by atoms with E-state index in [2.05, 4.69) is 23.4 Å². The number of aromatic amines is 1. The Morgan fingerprint density at radius 1 is 1.32 bits per heavy atom. The third-order valence-corrected chi connectivity index (χ3v) is 4.21. The molecule has 104 valence electrons. The minimum absolute atomic E-state index is 0.387. The summed E-state index contributed by atoms with van der Waals surface area (Å²) in [5.41, 5.74) is 2.06. The molecule has 0 aliphatic carbocycles. The van der Waals surface area contributed by atoms with Gasteiger partial charge < -0.3 is 9.55 Å². The Morgan fingerprint density at radius 2 is 2.11 bits per heavy atom. The maximum Gasteiger partial charge on any atom is 0.178 e. The van der Waals surface area contributed by atoms with E-state index in [9.17, 15) is 0 Å². The average molecular weight is 297 g/mol. The van der Waals surface area contributed by atoms with E-state index in [0.717, 1.165) is 27.2 Å². The Kier molecular flexibility index (Phi) is 5.06. The number of unbranched alkanes of at least 4 members (excludes halogenated alkanes) is 3. The fourth-order valence-corrected chi connectivity index (χ4v) is 3.20. The molecule has 2 nitrogen and oxygen atoms in total. The number of fused-ring (bicyclic) bond motifs is 1. The van der Waals surface area contributed by atoms with Gasteiger partial charge in [-0.1, -0.05) is 50.3 Å². The van der Waals surface area contributed by atoms with Crippen LogP contribution in [0.25, 0.3) is 11.0 Å². The molecule has 1 aromatic carbocycles. The molecule has 0 aliphatic heterocycles. The van der Waals surface area contributed by atoms with Gasteiger partial charge in [0.15, 0.2) is 4.77 Å². The Balaban J connectivity index is 2.24. The zero-order chi connectivity index (χ0) is 13.8. The van der Waals surface area contributed by atoms with Crippen LogP contribution in [-0.2, 0) is 0 Å². The smallest absolute Gasteiger partial charge is 0.178 e. The standard InChI is InChI=1S/C15H21ClN2S/c1-3-4-5-6-8-11(2)18-14-12(16)9-7-10-13(14)17-15(18)19/h7,9-11H,3-6,8H2,1-2H3,(H,17,19). The number of imidazole rings is 1. The van der Waals surface area contributed by atoms with Gasteiger partial charge in [0.1, 0.15) is 0 Å². The summed E-state index contributed by atoms with van der Waals surface area (Å²) in [5.74, 6) is 0. The third-order valence-electron chi connectivity index (χ3n) is 3.60. The van der Waals surface area contributed by atoms with E-state index in [1.807, 2.05) is 18.2 Å². The number of nitrogens with one attached hydrogen (secondary N) is 1. The van der Waals surface area contributed by atoms with Crippen molar-refractivity contribution in [3.8, 4) is 0 Å². The van der Waals surface area contributed by atoms with Crippen molar-refractivity contribution in [1.29, 1.82) is 0 Å². The molecule has 4 heteroatoms. The van der Waals surface area contributed by atoms with Gasteiger partial charge in [-0.3, -0.25) is 0 Å². The normalized spacial score (nSPS) is 13.0. The van der Waals surface area contributed by atoms with E-state index in [1.165, 1.54) is 25.7 Å². The SMILES string of the molecule is CCCCCCC(C)n1c(=S)[nH]c2cccc(Cl)c21. The highest BCUT2D eigenvalue weighted by Crippen LogP contribution is 2.28. The highest BCUT2D eigenvalue weighted by atomic mass is 35.5. The summed E-state index contributed by atoms with van der Waals surface area (Å²) < 4.78 is 2.94. The number of benzene rings is 1. The van der Waals surface area contributed by atoms with Gasteiger partial charge in [0.2, 0.25) is 0 Å². The molecule has 19 heavy (non-hydrogen) atoms. The molecule has 0 saturated heterocycles. The van der Waals surface area contributed by atoms with E-state index in [0.29, 0.717) is 6.04 Å². The summed E-state index contributed by atoms with van der Waals surface area (Å²) in [5, 5.41) is 0.769. The van der Waals surface area contributed by atoms with Crippen molar-refractivity contribution >= 4 is 34.9 Å². The van der Waals surface area contributed by atoms with Gasteiger partial charge in [-0.05, 0) is 37.7 Å². The summed E-state index contributed by atoms with van der Waals surface area (Å²) in [7, 11) is 0. The summed E-state index contributed by atoms with van der Waals surface area (Å²) in [6.45, 7) is 4.46. The zero-order valence-electron chi connectivity index (χ0n) is 11.6. The highest BCUT2D eigenvalue weighted by molar-refractivity contribution is 7.71. The highest BCUT2D eigenvalue weighted by Gasteiger charge is 2.13. The fourth-order valence-electron chi connectivity index (χ4n) is 2.55. The van der Waals surface area contributed by atoms with E-state index in [1.54, 1.807) is 0 Å². The molecule has 1 unspecified atom stereocenters. The number of aromatic nitrogens is 2. The van der Waals surface area contributed by atoms with Crippen LogP contribution in [0.3, 0.4) is 0 Å². The monoisotopic (exact) mass is 296 g/mol. The first-order valence-electron chi connectivity index (χ1n) is 7.04. The van der Waals surface area contributed by atoms with Crippen molar-refractivity contribution in [2.75, 3.05) is 0 Å². The quantitative estimate of drug-likeness (QED) is 0.521. The van der Waals surface area contributed by atoms with Crippen LogP contribution < -0.4 is 0 Å². The summed E-state index contributed by atoms with van der Waals surface area (Å²) in [6.07, 6.45) is 6.27. The van der Waals surface area contributed by atoms with Crippen molar-refractivity contribution < 1.29 is 0 Å². The first-order valence-corrected chi connectivity index (χ1v) is 7.82. The van der Waals surface area contributed by atoms with Crippen LogP contribution in [0.15, 0.2) is 18.2 Å². The van der Waals surface area contributed by atoms with Gasteiger partial charge in [0, 0.05) is 6.04 Å². The molecule has 0 radical (unpaired) electrons. The fraction of sp³-hybridized carbons (Fsp3) is 0.533. The molecule has 1 atom stereocenters. The molecule has 0 amide bonds. The van der Waals surface area contributed by atoms with Crippen molar-refractivity contribution in [3.05, 3.63) is 28.0 Å². The summed E-state index contributed by atoms with van der Waals surface area (Å²) >= 11 is 11.8. The van der Waals surface area contributed by atoms with Gasteiger partial charge in [-0.2, -0.15) is 0 Å². The third kappa shape index (κ3) is 3.21. The predicted molar refractivity (Wildman–Crippen MR) is 85.6 cm³/mol. The number of para-hydroxylation sites is 1. The van der Waals surface area contributed by atoms with Crippen LogP contribution in [0.1, 0.15) is 52.0 Å². The maximum atomic E-state index is 6.32. The van der Waals surface area contributed by atoms with E-state index in [4.69, 9.17) is 23.8 Å². The summed E-state index contributed by atoms with van der Waals surface area (Å²) in [6, 6.07) is 6.29. The Bertz CT molecular complexity index is 600. The van der Waals surface area contributed by atoms with Crippen LogP contribution in [-0.4, -0.2) is 9.55 Å². The molecule has 0 aliphatic rings. The minimum atomic E-state index is 0.387. The Morgan fingerprint density at radius 3 is 2.84 bits per heavy atom. The number of halogens is 1. The predicted octanol–water partition coefficient (Wildman–Crippen LogP) is 5.88. The molecular weight excluding hydrogens is 276 g/mol. The molecular formula is C15H21ClN2S. The first-order chi connectivity index (χ1) is 9.15. The lowest BCUT2D eigenvalue weighted by atomic mass is 10.1. The van der Waals surface area contributed by atoms with Crippen LogP contribution in [0.4, 0.5) is 0 Å². The van der Waals surface area contributed by atoms with Crippen LogP contribution >= 0.6 is 23.8 Å². The molecule has 1 N–H and O–H groups in total. The van der Waals surface area contributed by atoms with Crippen LogP contribution in [0.5, 0.6) is 0 Å². The topological polar surface area (TPSA) is 20.7 Å². The number of rotatable bonds is 6. The Hall–Kier alpha value is -0.800. The van der Waals surface area contributed by atoms with Crippen molar-refractivity contribution in [2.24, 2.45) is 0 Å².